The summed E-state index contributed by atoms with van der Waals surface area (Å²) in [7, 11) is 1.97. The van der Waals surface area contributed by atoms with E-state index in [9.17, 15) is 4.79 Å². The largest absolute Gasteiger partial charge is 0.454 e. The number of fused-ring (bicyclic) bond motifs is 1. The lowest BCUT2D eigenvalue weighted by Crippen LogP contribution is -2.36. The van der Waals surface area contributed by atoms with Crippen molar-refractivity contribution in [2.24, 2.45) is 13.0 Å². The first-order chi connectivity index (χ1) is 13.2. The molecule has 1 aromatic heterocycles. The lowest BCUT2D eigenvalue weighted by atomic mass is 9.98. The first-order valence-electron chi connectivity index (χ1n) is 9.84. The van der Waals surface area contributed by atoms with Gasteiger partial charge in [0.2, 0.25) is 12.7 Å². The van der Waals surface area contributed by atoms with Crippen molar-refractivity contribution in [3.63, 3.8) is 0 Å². The number of hydrogen-bond donors (Lipinski definition) is 0. The summed E-state index contributed by atoms with van der Waals surface area (Å²) in [6.07, 6.45) is 10.5. The molecule has 1 aliphatic carbocycles. The number of nitrogens with zero attached hydrogens (tertiary/aromatic N) is 3. The molecule has 4 rings (SSSR count). The van der Waals surface area contributed by atoms with E-state index in [2.05, 4.69) is 4.98 Å². The summed E-state index contributed by atoms with van der Waals surface area (Å²) < 4.78 is 12.9. The van der Waals surface area contributed by atoms with Crippen LogP contribution in [0.15, 0.2) is 30.6 Å². The molecule has 1 saturated carbocycles. The van der Waals surface area contributed by atoms with Crippen molar-refractivity contribution >= 4 is 5.91 Å². The van der Waals surface area contributed by atoms with Gasteiger partial charge in [0, 0.05) is 31.9 Å². The molecule has 0 atom stereocenters. The number of carbonyl (C=O) groups is 1. The van der Waals surface area contributed by atoms with Crippen LogP contribution in [0.25, 0.3) is 0 Å². The first kappa shape index (κ1) is 17.9. The van der Waals surface area contributed by atoms with Crippen LogP contribution in [-0.2, 0) is 24.9 Å². The van der Waals surface area contributed by atoms with E-state index in [0.29, 0.717) is 13.1 Å². The summed E-state index contributed by atoms with van der Waals surface area (Å²) >= 11 is 0. The van der Waals surface area contributed by atoms with Gasteiger partial charge < -0.3 is 18.9 Å². The Morgan fingerprint density at radius 3 is 2.67 bits per heavy atom. The smallest absolute Gasteiger partial charge is 0.231 e. The minimum absolute atomic E-state index is 0.127. The maximum Gasteiger partial charge on any atom is 0.231 e. The zero-order valence-electron chi connectivity index (χ0n) is 15.9. The monoisotopic (exact) mass is 369 g/mol. The molecule has 6 nitrogen and oxygen atoms in total. The van der Waals surface area contributed by atoms with Crippen LogP contribution in [0.4, 0.5) is 0 Å². The number of ether oxygens (including phenoxy) is 2. The van der Waals surface area contributed by atoms with Crippen molar-refractivity contribution in [2.45, 2.75) is 51.6 Å². The van der Waals surface area contributed by atoms with Crippen LogP contribution in [0, 0.1) is 5.92 Å². The molecule has 1 aromatic carbocycles. The number of imidazole rings is 1. The van der Waals surface area contributed by atoms with Crippen LogP contribution in [0.1, 0.15) is 49.9 Å². The molecule has 2 aromatic rings. The zero-order valence-corrected chi connectivity index (χ0v) is 15.9. The highest BCUT2D eigenvalue weighted by molar-refractivity contribution is 5.78. The second-order valence-electron chi connectivity index (χ2n) is 7.52. The molecular weight excluding hydrogens is 342 g/mol. The highest BCUT2D eigenvalue weighted by Crippen LogP contribution is 2.33. The highest BCUT2D eigenvalue weighted by Gasteiger charge is 2.26. The fraction of sp³-hybridized carbons (Fsp3) is 0.524. The third-order valence-corrected chi connectivity index (χ3v) is 5.58. The number of rotatable bonds is 5. The molecule has 0 unspecified atom stereocenters. The second kappa shape index (κ2) is 8.03. The van der Waals surface area contributed by atoms with Crippen LogP contribution in [0.2, 0.25) is 0 Å². The maximum atomic E-state index is 13.4. The molecule has 0 N–H and O–H groups in total. The predicted molar refractivity (Wildman–Crippen MR) is 101 cm³/mol. The first-order valence-corrected chi connectivity index (χ1v) is 9.84. The van der Waals surface area contributed by atoms with E-state index in [-0.39, 0.29) is 18.6 Å². The molecule has 1 aliphatic heterocycles. The van der Waals surface area contributed by atoms with Crippen LogP contribution in [0.3, 0.4) is 0 Å². The summed E-state index contributed by atoms with van der Waals surface area (Å²) in [5, 5.41) is 0. The van der Waals surface area contributed by atoms with Gasteiger partial charge in [0.1, 0.15) is 5.82 Å². The van der Waals surface area contributed by atoms with Gasteiger partial charge in [-0.25, -0.2) is 4.98 Å². The summed E-state index contributed by atoms with van der Waals surface area (Å²) in [4.78, 5) is 19.7. The van der Waals surface area contributed by atoms with E-state index < -0.39 is 0 Å². The Bertz CT molecular complexity index is 794. The summed E-state index contributed by atoms with van der Waals surface area (Å²) in [6.45, 7) is 1.34. The topological polar surface area (TPSA) is 56.6 Å². The van der Waals surface area contributed by atoms with E-state index in [1.165, 1.54) is 12.8 Å². The van der Waals surface area contributed by atoms with Gasteiger partial charge in [0.25, 0.3) is 0 Å². The zero-order chi connectivity index (χ0) is 18.6. The highest BCUT2D eigenvalue weighted by atomic mass is 16.7. The fourth-order valence-corrected chi connectivity index (χ4v) is 3.98. The lowest BCUT2D eigenvalue weighted by molar-refractivity contribution is -0.137. The van der Waals surface area contributed by atoms with Gasteiger partial charge in [-0.2, -0.15) is 0 Å². The SMILES string of the molecule is Cn1ccnc1CN(Cc1ccc2c(c1)OCO2)C(=O)C1CCCCCC1. The number of hydrogen-bond acceptors (Lipinski definition) is 4. The minimum Gasteiger partial charge on any atom is -0.454 e. The molecule has 2 heterocycles. The van der Waals surface area contributed by atoms with Gasteiger partial charge in [-0.3, -0.25) is 4.79 Å². The lowest BCUT2D eigenvalue weighted by Gasteiger charge is -2.27. The Morgan fingerprint density at radius 1 is 1.15 bits per heavy atom. The molecular formula is C21H27N3O3. The van der Waals surface area contributed by atoms with Crippen molar-refractivity contribution in [1.82, 2.24) is 14.5 Å². The van der Waals surface area contributed by atoms with Crippen molar-refractivity contribution in [3.8, 4) is 11.5 Å². The summed E-state index contributed by atoms with van der Waals surface area (Å²) in [5.74, 6) is 2.80. The Kier molecular flexibility index (Phi) is 5.32. The fourth-order valence-electron chi connectivity index (χ4n) is 3.98. The molecule has 0 bridgehead atoms. The van der Waals surface area contributed by atoms with E-state index in [0.717, 1.165) is 48.6 Å². The molecule has 1 amide bonds. The summed E-state index contributed by atoms with van der Waals surface area (Å²) in [6, 6.07) is 5.92. The van der Waals surface area contributed by atoms with Crippen molar-refractivity contribution in [2.75, 3.05) is 6.79 Å². The number of benzene rings is 1. The van der Waals surface area contributed by atoms with Gasteiger partial charge >= 0.3 is 0 Å². The molecule has 144 valence electrons. The molecule has 0 saturated heterocycles. The van der Waals surface area contributed by atoms with Gasteiger partial charge in [-0.05, 0) is 30.5 Å². The minimum atomic E-state index is 0.127. The van der Waals surface area contributed by atoms with Gasteiger partial charge in [-0.15, -0.1) is 0 Å². The molecule has 27 heavy (non-hydrogen) atoms. The van der Waals surface area contributed by atoms with E-state index >= 15 is 0 Å². The quantitative estimate of drug-likeness (QED) is 0.755. The normalized spacial score (nSPS) is 16.9. The van der Waals surface area contributed by atoms with E-state index in [4.69, 9.17) is 9.47 Å². The number of carbonyl (C=O) groups excluding carboxylic acids is 1. The van der Waals surface area contributed by atoms with E-state index in [1.54, 1.807) is 6.20 Å². The molecule has 0 spiro atoms. The Labute approximate surface area is 160 Å². The Balaban J connectivity index is 1.55. The van der Waals surface area contributed by atoms with Crippen LogP contribution in [-0.4, -0.2) is 27.2 Å². The molecule has 2 aliphatic rings. The van der Waals surface area contributed by atoms with Crippen LogP contribution < -0.4 is 9.47 Å². The number of aryl methyl sites for hydroxylation is 1. The Hall–Kier alpha value is -2.50. The maximum absolute atomic E-state index is 13.4. The summed E-state index contributed by atoms with van der Waals surface area (Å²) in [5.41, 5.74) is 1.05. The second-order valence-corrected chi connectivity index (χ2v) is 7.52. The van der Waals surface area contributed by atoms with Gasteiger partial charge in [0.05, 0.1) is 6.54 Å². The molecule has 0 radical (unpaired) electrons. The van der Waals surface area contributed by atoms with Gasteiger partial charge in [0.15, 0.2) is 11.5 Å². The predicted octanol–water partition coefficient (Wildman–Crippen LogP) is 3.65. The molecule has 6 heteroatoms. The third-order valence-electron chi connectivity index (χ3n) is 5.58. The van der Waals surface area contributed by atoms with Crippen LogP contribution in [0.5, 0.6) is 11.5 Å². The van der Waals surface area contributed by atoms with Crippen molar-refractivity contribution < 1.29 is 14.3 Å². The van der Waals surface area contributed by atoms with Crippen molar-refractivity contribution in [1.29, 1.82) is 0 Å². The average Bonchev–Trinajstić information content (AvgIpc) is 3.20. The molecule has 1 fully saturated rings. The number of amides is 1. The Morgan fingerprint density at radius 2 is 1.93 bits per heavy atom. The van der Waals surface area contributed by atoms with Gasteiger partial charge in [-0.1, -0.05) is 31.7 Å². The standard InChI is InChI=1S/C21H27N3O3/c1-23-11-10-22-20(23)14-24(21(25)17-6-4-2-3-5-7-17)13-16-8-9-18-19(12-16)27-15-26-18/h8-12,17H,2-7,13-15H2,1H3. The van der Waals surface area contributed by atoms with Crippen LogP contribution >= 0.6 is 0 Å². The van der Waals surface area contributed by atoms with E-state index in [1.807, 2.05) is 40.9 Å². The average molecular weight is 369 g/mol. The third kappa shape index (κ3) is 4.10. The number of aromatic nitrogens is 2. The van der Waals surface area contributed by atoms with Crippen molar-refractivity contribution in [3.05, 3.63) is 42.0 Å².